The van der Waals surface area contributed by atoms with E-state index in [-0.39, 0.29) is 5.56 Å². The lowest BCUT2D eigenvalue weighted by Gasteiger charge is -2.08. The van der Waals surface area contributed by atoms with Crippen LogP contribution in [0.1, 0.15) is 5.56 Å². The molecule has 0 saturated heterocycles. The van der Waals surface area contributed by atoms with Crippen molar-refractivity contribution >= 4 is 11.8 Å². The second-order valence-electron chi connectivity index (χ2n) is 4.88. The molecule has 5 heteroatoms. The van der Waals surface area contributed by atoms with Crippen LogP contribution < -0.4 is 10.3 Å². The largest absolute Gasteiger partial charge is 0.497 e. The van der Waals surface area contributed by atoms with E-state index >= 15 is 0 Å². The van der Waals surface area contributed by atoms with E-state index < -0.39 is 0 Å². The number of ether oxygens (including phenoxy) is 1. The third-order valence-electron chi connectivity index (χ3n) is 3.36. The van der Waals surface area contributed by atoms with Gasteiger partial charge >= 0.3 is 0 Å². The second-order valence-corrected chi connectivity index (χ2v) is 5.85. The van der Waals surface area contributed by atoms with E-state index in [1.807, 2.05) is 54.6 Å². The van der Waals surface area contributed by atoms with Gasteiger partial charge in [-0.1, -0.05) is 48.2 Å². The Balaban J connectivity index is 1.87. The lowest BCUT2D eigenvalue weighted by molar-refractivity contribution is 0.414. The number of hydrogen-bond donors (Lipinski definition) is 0. The van der Waals surface area contributed by atoms with Gasteiger partial charge in [0.05, 0.1) is 12.8 Å². The minimum Gasteiger partial charge on any atom is -0.497 e. The fraction of sp³-hybridized carbons (Fsp3) is 0.111. The van der Waals surface area contributed by atoms with Crippen molar-refractivity contribution < 1.29 is 4.74 Å². The van der Waals surface area contributed by atoms with Crippen molar-refractivity contribution in [3.05, 3.63) is 82.9 Å². The molecule has 0 aliphatic rings. The molecule has 2 aromatic carbocycles. The Morgan fingerprint density at radius 1 is 1.13 bits per heavy atom. The van der Waals surface area contributed by atoms with Gasteiger partial charge in [0.2, 0.25) is 0 Å². The van der Waals surface area contributed by atoms with Gasteiger partial charge < -0.3 is 4.74 Å². The Labute approximate surface area is 138 Å². The lowest BCUT2D eigenvalue weighted by Crippen LogP contribution is -2.20. The van der Waals surface area contributed by atoms with Gasteiger partial charge in [-0.3, -0.25) is 9.36 Å². The molecule has 3 aromatic rings. The predicted molar refractivity (Wildman–Crippen MR) is 92.4 cm³/mol. The zero-order valence-corrected chi connectivity index (χ0v) is 13.5. The van der Waals surface area contributed by atoms with E-state index in [9.17, 15) is 4.79 Å². The second kappa shape index (κ2) is 7.15. The molecule has 0 radical (unpaired) electrons. The standard InChI is InChI=1S/C18H16N2O2S/c1-22-16-9-5-8-15(12-16)20-11-10-19-17(18(20)21)23-13-14-6-3-2-4-7-14/h2-12H,13H2,1H3. The van der Waals surface area contributed by atoms with E-state index in [0.29, 0.717) is 16.5 Å². The van der Waals surface area contributed by atoms with Crippen LogP contribution in [0.15, 0.2) is 76.8 Å². The SMILES string of the molecule is COc1cccc(-n2ccnc(SCc3ccccc3)c2=O)c1. The van der Waals surface area contributed by atoms with Crippen LogP contribution >= 0.6 is 11.8 Å². The number of thioether (sulfide) groups is 1. The maximum atomic E-state index is 12.6. The first kappa shape index (κ1) is 15.4. The first-order valence-corrected chi connectivity index (χ1v) is 8.15. The highest BCUT2D eigenvalue weighted by Gasteiger charge is 2.08. The molecule has 0 saturated carbocycles. The highest BCUT2D eigenvalue weighted by Crippen LogP contribution is 2.19. The third-order valence-corrected chi connectivity index (χ3v) is 4.39. The molecule has 0 N–H and O–H groups in total. The predicted octanol–water partition coefficient (Wildman–Crippen LogP) is 3.53. The van der Waals surface area contributed by atoms with E-state index in [2.05, 4.69) is 4.98 Å². The molecule has 0 spiro atoms. The van der Waals surface area contributed by atoms with Crippen LogP contribution in [0.4, 0.5) is 0 Å². The highest BCUT2D eigenvalue weighted by atomic mass is 32.2. The summed E-state index contributed by atoms with van der Waals surface area (Å²) in [4.78, 5) is 16.8. The number of nitrogens with zero attached hydrogens (tertiary/aromatic N) is 2. The molecule has 0 atom stereocenters. The van der Waals surface area contributed by atoms with Crippen LogP contribution in [0.5, 0.6) is 5.75 Å². The van der Waals surface area contributed by atoms with Crippen LogP contribution in [0.2, 0.25) is 0 Å². The summed E-state index contributed by atoms with van der Waals surface area (Å²) in [5, 5.41) is 0.485. The van der Waals surface area contributed by atoms with Gasteiger partial charge in [0.1, 0.15) is 5.75 Å². The van der Waals surface area contributed by atoms with E-state index in [0.717, 1.165) is 11.3 Å². The van der Waals surface area contributed by atoms with Crippen LogP contribution in [-0.2, 0) is 5.75 Å². The average Bonchev–Trinajstić information content (AvgIpc) is 2.62. The van der Waals surface area contributed by atoms with Crippen molar-refractivity contribution in [3.63, 3.8) is 0 Å². The zero-order valence-electron chi connectivity index (χ0n) is 12.7. The Morgan fingerprint density at radius 3 is 2.74 bits per heavy atom. The molecular weight excluding hydrogens is 308 g/mol. The smallest absolute Gasteiger partial charge is 0.287 e. The van der Waals surface area contributed by atoms with Crippen molar-refractivity contribution in [2.75, 3.05) is 7.11 Å². The Bertz CT molecular complexity index is 847. The molecule has 0 aliphatic heterocycles. The molecule has 1 aromatic heterocycles. The average molecular weight is 324 g/mol. The summed E-state index contributed by atoms with van der Waals surface area (Å²) in [6, 6.07) is 17.4. The summed E-state index contributed by atoms with van der Waals surface area (Å²) in [5.41, 5.74) is 1.80. The van der Waals surface area contributed by atoms with Gasteiger partial charge in [0.25, 0.3) is 5.56 Å². The first-order chi connectivity index (χ1) is 11.3. The summed E-state index contributed by atoms with van der Waals surface area (Å²) in [5.74, 6) is 1.43. The summed E-state index contributed by atoms with van der Waals surface area (Å²) >= 11 is 1.44. The molecule has 1 heterocycles. The molecular formula is C18H16N2O2S. The number of hydrogen-bond acceptors (Lipinski definition) is 4. The Morgan fingerprint density at radius 2 is 1.96 bits per heavy atom. The summed E-state index contributed by atoms with van der Waals surface area (Å²) < 4.78 is 6.80. The van der Waals surface area contributed by atoms with Gasteiger partial charge in [-0.2, -0.15) is 0 Å². The lowest BCUT2D eigenvalue weighted by atomic mass is 10.2. The van der Waals surface area contributed by atoms with Gasteiger partial charge in [0.15, 0.2) is 5.03 Å². The normalized spacial score (nSPS) is 10.5. The molecule has 4 nitrogen and oxygen atoms in total. The van der Waals surface area contributed by atoms with E-state index in [4.69, 9.17) is 4.74 Å². The summed E-state index contributed by atoms with van der Waals surface area (Å²) in [6.07, 6.45) is 3.32. The third kappa shape index (κ3) is 3.63. The van der Waals surface area contributed by atoms with Crippen LogP contribution in [0, 0.1) is 0 Å². The van der Waals surface area contributed by atoms with Crippen molar-refractivity contribution in [2.24, 2.45) is 0 Å². The Kier molecular flexibility index (Phi) is 4.78. The van der Waals surface area contributed by atoms with Crippen LogP contribution in [-0.4, -0.2) is 16.7 Å². The molecule has 116 valence electrons. The fourth-order valence-electron chi connectivity index (χ4n) is 2.18. The van der Waals surface area contributed by atoms with Crippen molar-refractivity contribution in [1.82, 2.24) is 9.55 Å². The maximum Gasteiger partial charge on any atom is 0.287 e. The van der Waals surface area contributed by atoms with Gasteiger partial charge in [-0.05, 0) is 17.7 Å². The number of rotatable bonds is 5. The molecule has 3 rings (SSSR count). The Hall–Kier alpha value is -2.53. The fourth-order valence-corrected chi connectivity index (χ4v) is 3.04. The van der Waals surface area contributed by atoms with Gasteiger partial charge in [-0.25, -0.2) is 4.98 Å². The summed E-state index contributed by atoms with van der Waals surface area (Å²) in [7, 11) is 1.61. The molecule has 0 unspecified atom stereocenters. The summed E-state index contributed by atoms with van der Waals surface area (Å²) in [6.45, 7) is 0. The topological polar surface area (TPSA) is 44.1 Å². The van der Waals surface area contributed by atoms with E-state index in [1.165, 1.54) is 11.8 Å². The van der Waals surface area contributed by atoms with Crippen molar-refractivity contribution in [1.29, 1.82) is 0 Å². The maximum absolute atomic E-state index is 12.6. The van der Waals surface area contributed by atoms with Crippen LogP contribution in [0.3, 0.4) is 0 Å². The monoisotopic (exact) mass is 324 g/mol. The van der Waals surface area contributed by atoms with Crippen molar-refractivity contribution in [3.8, 4) is 11.4 Å². The van der Waals surface area contributed by atoms with Gasteiger partial charge in [0, 0.05) is 24.2 Å². The zero-order chi connectivity index (χ0) is 16.1. The highest BCUT2D eigenvalue weighted by molar-refractivity contribution is 7.98. The molecule has 0 fully saturated rings. The van der Waals surface area contributed by atoms with Crippen LogP contribution in [0.25, 0.3) is 5.69 Å². The van der Waals surface area contributed by atoms with Gasteiger partial charge in [-0.15, -0.1) is 0 Å². The molecule has 0 amide bonds. The van der Waals surface area contributed by atoms with E-state index in [1.54, 1.807) is 24.1 Å². The minimum absolute atomic E-state index is 0.123. The molecule has 0 bridgehead atoms. The minimum atomic E-state index is -0.123. The molecule has 0 aliphatic carbocycles. The number of benzene rings is 2. The van der Waals surface area contributed by atoms with Crippen molar-refractivity contribution in [2.45, 2.75) is 10.8 Å². The number of aromatic nitrogens is 2. The molecule has 23 heavy (non-hydrogen) atoms. The number of methoxy groups -OCH3 is 1. The first-order valence-electron chi connectivity index (χ1n) is 7.17. The quantitative estimate of drug-likeness (QED) is 0.674.